The smallest absolute Gasteiger partial charge is 0.337 e. The third-order valence-electron chi connectivity index (χ3n) is 6.25. The number of hydrogen-bond donors (Lipinski definition) is 2. The van der Waals surface area contributed by atoms with Crippen LogP contribution in [-0.4, -0.2) is 29.8 Å². The van der Waals surface area contributed by atoms with Gasteiger partial charge in [0.05, 0.1) is 28.3 Å². The molecule has 2 bridgehead atoms. The molecular weight excluding hydrogens is 442 g/mol. The summed E-state index contributed by atoms with van der Waals surface area (Å²) in [6, 6.07) is 21.4. The van der Waals surface area contributed by atoms with Gasteiger partial charge in [-0.05, 0) is 42.4 Å². The molecule has 0 radical (unpaired) electrons. The van der Waals surface area contributed by atoms with E-state index in [1.54, 1.807) is 12.1 Å². The molecule has 1 aliphatic rings. The lowest BCUT2D eigenvalue weighted by molar-refractivity contribution is 0.0697. The number of carboxylic acids is 1. The number of fused-ring (bicyclic) bond motifs is 2. The molecule has 4 rings (SSSR count). The van der Waals surface area contributed by atoms with Gasteiger partial charge in [-0.1, -0.05) is 81.1 Å². The van der Waals surface area contributed by atoms with Gasteiger partial charge in [-0.15, -0.1) is 0 Å². The van der Waals surface area contributed by atoms with Crippen molar-refractivity contribution in [2.24, 2.45) is 0 Å². The number of nitrogens with zero attached hydrogens (tertiary/aromatic N) is 2. The summed E-state index contributed by atoms with van der Waals surface area (Å²) in [6.45, 7) is 3.07. The van der Waals surface area contributed by atoms with E-state index < -0.39 is 5.97 Å². The Balaban J connectivity index is 1.65. The van der Waals surface area contributed by atoms with Gasteiger partial charge in [0.25, 0.3) is 0 Å². The fraction of sp³-hybridized carbons (Fsp3) is 0.286. The van der Waals surface area contributed by atoms with E-state index in [0.29, 0.717) is 10.8 Å². The molecule has 0 atom stereocenters. The first-order chi connectivity index (χ1) is 16.5. The largest absolute Gasteiger partial charge is 0.478 e. The normalized spacial score (nSPS) is 11.6. The van der Waals surface area contributed by atoms with Gasteiger partial charge in [0, 0.05) is 19.2 Å². The maximum Gasteiger partial charge on any atom is 0.337 e. The Morgan fingerprint density at radius 3 is 2.38 bits per heavy atom. The number of aromatic carboxylic acids is 1. The van der Waals surface area contributed by atoms with Crippen LogP contribution >= 0.6 is 12.2 Å². The number of hydrogen-bond acceptors (Lipinski definition) is 3. The maximum atomic E-state index is 12.0. The summed E-state index contributed by atoms with van der Waals surface area (Å²) < 4.78 is 0. The Labute approximate surface area is 207 Å². The van der Waals surface area contributed by atoms with Crippen molar-refractivity contribution >= 4 is 46.0 Å². The van der Waals surface area contributed by atoms with Crippen molar-refractivity contribution in [3.63, 3.8) is 0 Å². The average molecular weight is 474 g/mol. The SMILES string of the molecule is CCCCCCCNC(=S)N(C)c1c2ccc(-c3ccccc3)c1N2c1ccccc1C(=O)O. The first-order valence-electron chi connectivity index (χ1n) is 11.9. The fourth-order valence-electron chi connectivity index (χ4n) is 4.47. The highest BCUT2D eigenvalue weighted by atomic mass is 32.1. The molecule has 1 aliphatic heterocycles. The third kappa shape index (κ3) is 4.64. The van der Waals surface area contributed by atoms with E-state index >= 15 is 0 Å². The molecule has 0 aromatic heterocycles. The van der Waals surface area contributed by atoms with Crippen molar-refractivity contribution in [2.45, 2.75) is 39.0 Å². The zero-order valence-corrected chi connectivity index (χ0v) is 20.6. The second-order valence-corrected chi connectivity index (χ2v) is 8.95. The minimum Gasteiger partial charge on any atom is -0.478 e. The van der Waals surface area contributed by atoms with Crippen LogP contribution in [-0.2, 0) is 0 Å². The summed E-state index contributed by atoms with van der Waals surface area (Å²) >= 11 is 5.73. The molecule has 0 fully saturated rings. The molecule has 1 heterocycles. The summed E-state index contributed by atoms with van der Waals surface area (Å²) in [5.41, 5.74) is 5.96. The van der Waals surface area contributed by atoms with E-state index in [9.17, 15) is 9.90 Å². The second-order valence-electron chi connectivity index (χ2n) is 8.56. The van der Waals surface area contributed by atoms with Crippen molar-refractivity contribution in [2.75, 3.05) is 23.4 Å². The zero-order chi connectivity index (χ0) is 24.1. The minimum atomic E-state index is -0.942. The summed E-state index contributed by atoms with van der Waals surface area (Å²) in [5, 5.41) is 13.9. The monoisotopic (exact) mass is 473 g/mol. The van der Waals surface area contributed by atoms with E-state index in [4.69, 9.17) is 12.2 Å². The number of carbonyl (C=O) groups is 1. The lowest BCUT2D eigenvalue weighted by Crippen LogP contribution is -2.41. The fourth-order valence-corrected chi connectivity index (χ4v) is 4.66. The van der Waals surface area contributed by atoms with Gasteiger partial charge in [0.15, 0.2) is 5.11 Å². The summed E-state index contributed by atoms with van der Waals surface area (Å²) in [6.07, 6.45) is 6.06. The summed E-state index contributed by atoms with van der Waals surface area (Å²) in [5.74, 6) is -0.942. The highest BCUT2D eigenvalue weighted by Crippen LogP contribution is 2.59. The standard InChI is InChI=1S/C28H31N3O2S/c1-3-4-5-6-12-19-29-28(34)30(2)26-24-18-17-21(20-13-8-7-9-14-20)25(26)31(24)23-16-11-10-15-22(23)27(32)33/h7-11,13-18H,3-6,12,19H2,1-2H3,(H,29,34)(H,32,33). The molecule has 3 aromatic carbocycles. The first kappa shape index (κ1) is 23.8. The van der Waals surface area contributed by atoms with Crippen LogP contribution in [0.4, 0.5) is 22.7 Å². The molecule has 0 aliphatic carbocycles. The molecule has 3 aromatic rings. The van der Waals surface area contributed by atoms with Gasteiger partial charge >= 0.3 is 5.97 Å². The Bertz CT molecular complexity index is 1180. The Kier molecular flexibility index (Phi) is 7.48. The number of para-hydroxylation sites is 1. The van der Waals surface area contributed by atoms with E-state index in [2.05, 4.69) is 30.4 Å². The third-order valence-corrected chi connectivity index (χ3v) is 6.67. The van der Waals surface area contributed by atoms with Crippen LogP contribution < -0.4 is 15.1 Å². The number of carboxylic acid groups (broad SMARTS) is 1. The van der Waals surface area contributed by atoms with E-state index in [1.807, 2.05) is 53.2 Å². The van der Waals surface area contributed by atoms with Crippen molar-refractivity contribution < 1.29 is 9.90 Å². The number of thiocarbonyl (C=S) groups is 1. The molecular formula is C28H31N3O2S. The van der Waals surface area contributed by atoms with Gasteiger partial charge in [0.2, 0.25) is 0 Å². The number of anilines is 4. The van der Waals surface area contributed by atoms with Crippen LogP contribution in [0.25, 0.3) is 11.1 Å². The Morgan fingerprint density at radius 2 is 1.65 bits per heavy atom. The minimum absolute atomic E-state index is 0.273. The molecule has 0 saturated heterocycles. The van der Waals surface area contributed by atoms with Crippen LogP contribution in [0.5, 0.6) is 0 Å². The molecule has 0 saturated carbocycles. The highest BCUT2D eigenvalue weighted by Gasteiger charge is 2.37. The number of unbranched alkanes of at least 4 members (excludes halogenated alkanes) is 4. The molecule has 2 N–H and O–H groups in total. The lowest BCUT2D eigenvalue weighted by atomic mass is 9.92. The van der Waals surface area contributed by atoms with Gasteiger partial charge in [0.1, 0.15) is 0 Å². The number of nitrogens with one attached hydrogen (secondary N) is 1. The van der Waals surface area contributed by atoms with Crippen LogP contribution in [0.15, 0.2) is 66.7 Å². The van der Waals surface area contributed by atoms with E-state index in [-0.39, 0.29) is 5.56 Å². The van der Waals surface area contributed by atoms with Gasteiger partial charge < -0.3 is 20.2 Å². The second kappa shape index (κ2) is 10.7. The van der Waals surface area contributed by atoms with Crippen molar-refractivity contribution in [3.05, 3.63) is 72.3 Å². The number of rotatable bonds is 10. The topological polar surface area (TPSA) is 55.8 Å². The van der Waals surface area contributed by atoms with Crippen LogP contribution in [0.2, 0.25) is 0 Å². The van der Waals surface area contributed by atoms with Crippen molar-refractivity contribution in [3.8, 4) is 11.1 Å². The predicted octanol–water partition coefficient (Wildman–Crippen LogP) is 7.12. The van der Waals surface area contributed by atoms with Crippen molar-refractivity contribution in [1.82, 2.24) is 5.32 Å². The first-order valence-corrected chi connectivity index (χ1v) is 12.3. The van der Waals surface area contributed by atoms with Crippen LogP contribution in [0.1, 0.15) is 49.4 Å². The summed E-state index contributed by atoms with van der Waals surface area (Å²) in [4.78, 5) is 16.0. The molecule has 176 valence electrons. The van der Waals surface area contributed by atoms with E-state index in [0.717, 1.165) is 41.2 Å². The molecule has 0 spiro atoms. The van der Waals surface area contributed by atoms with Gasteiger partial charge in [-0.2, -0.15) is 0 Å². The zero-order valence-electron chi connectivity index (χ0n) is 19.8. The average Bonchev–Trinajstić information content (AvgIpc) is 2.86. The Hall–Kier alpha value is -3.38. The van der Waals surface area contributed by atoms with Crippen LogP contribution in [0, 0.1) is 0 Å². The highest BCUT2D eigenvalue weighted by molar-refractivity contribution is 7.80. The maximum absolute atomic E-state index is 12.0. The Morgan fingerprint density at radius 1 is 0.941 bits per heavy atom. The lowest BCUT2D eigenvalue weighted by Gasteiger charge is -2.44. The molecule has 34 heavy (non-hydrogen) atoms. The van der Waals surface area contributed by atoms with Gasteiger partial charge in [-0.25, -0.2) is 4.79 Å². The van der Waals surface area contributed by atoms with Gasteiger partial charge in [-0.3, -0.25) is 0 Å². The molecule has 0 unspecified atom stereocenters. The quantitative estimate of drug-likeness (QED) is 0.189. The molecule has 5 nitrogen and oxygen atoms in total. The number of benzene rings is 3. The summed E-state index contributed by atoms with van der Waals surface area (Å²) in [7, 11) is 1.98. The van der Waals surface area contributed by atoms with Crippen LogP contribution in [0.3, 0.4) is 0 Å². The predicted molar refractivity (Wildman–Crippen MR) is 145 cm³/mol. The van der Waals surface area contributed by atoms with E-state index in [1.165, 1.54) is 25.7 Å². The molecule has 0 amide bonds. The van der Waals surface area contributed by atoms with Crippen molar-refractivity contribution in [1.29, 1.82) is 0 Å². The molecule has 6 heteroatoms.